The molecule has 0 aliphatic heterocycles. The summed E-state index contributed by atoms with van der Waals surface area (Å²) >= 11 is 3.67. The number of aryl methyl sites for hydroxylation is 1. The number of hydrogen-bond donors (Lipinski definition) is 0. The summed E-state index contributed by atoms with van der Waals surface area (Å²) in [7, 11) is 0. The van der Waals surface area contributed by atoms with Gasteiger partial charge in [-0.15, -0.1) is 0 Å². The van der Waals surface area contributed by atoms with Crippen LogP contribution in [0.5, 0.6) is 0 Å². The van der Waals surface area contributed by atoms with Crippen LogP contribution in [-0.4, -0.2) is 5.33 Å². The zero-order valence-electron chi connectivity index (χ0n) is 11.4. The molecule has 0 radical (unpaired) electrons. The van der Waals surface area contributed by atoms with Crippen LogP contribution in [0.15, 0.2) is 48.5 Å². The van der Waals surface area contributed by atoms with E-state index in [1.807, 2.05) is 0 Å². The second-order valence-electron chi connectivity index (χ2n) is 5.85. The minimum atomic E-state index is 0.791. The normalized spacial score (nSPS) is 18.4. The predicted octanol–water partition coefficient (Wildman–Crippen LogP) is 5.49. The minimum Gasteiger partial charge on any atom is -0.0925 e. The molecule has 1 unspecified atom stereocenters. The maximum Gasteiger partial charge on any atom is 0.00629 e. The fourth-order valence-electron chi connectivity index (χ4n) is 3.55. The van der Waals surface area contributed by atoms with Crippen LogP contribution in [0.3, 0.4) is 0 Å². The smallest absolute Gasteiger partial charge is 0.00629 e. The summed E-state index contributed by atoms with van der Waals surface area (Å²) in [5, 5.41) is 6.72. The number of halogens is 1. The highest BCUT2D eigenvalue weighted by molar-refractivity contribution is 9.09. The van der Waals surface area contributed by atoms with Gasteiger partial charge in [0.25, 0.3) is 0 Å². The van der Waals surface area contributed by atoms with Gasteiger partial charge in [-0.05, 0) is 57.9 Å². The van der Waals surface area contributed by atoms with Crippen LogP contribution >= 0.6 is 15.9 Å². The van der Waals surface area contributed by atoms with Gasteiger partial charge in [-0.2, -0.15) is 0 Å². The molecule has 3 aromatic rings. The highest BCUT2D eigenvalue weighted by Crippen LogP contribution is 2.35. The molecule has 4 rings (SSSR count). The zero-order chi connectivity index (χ0) is 13.5. The Morgan fingerprint density at radius 2 is 1.75 bits per heavy atom. The molecule has 0 fully saturated rings. The Bertz CT molecular complexity index is 788. The molecule has 0 spiro atoms. The summed E-state index contributed by atoms with van der Waals surface area (Å²) in [6, 6.07) is 18.0. The van der Waals surface area contributed by atoms with Crippen molar-refractivity contribution in [2.45, 2.75) is 19.3 Å². The standard InChI is InChI=1S/C19H17Br/c20-12-13-5-6-15-8-9-17-16-4-2-1-3-14(16)7-10-18(17)19(15)11-13/h1-4,7-10,13H,5-6,11-12H2. The van der Waals surface area contributed by atoms with E-state index in [4.69, 9.17) is 0 Å². The molecule has 20 heavy (non-hydrogen) atoms. The molecule has 1 heteroatoms. The SMILES string of the molecule is BrCC1CCc2ccc3c(ccc4ccccc43)c2C1. The van der Waals surface area contributed by atoms with Gasteiger partial charge < -0.3 is 0 Å². The van der Waals surface area contributed by atoms with E-state index in [9.17, 15) is 0 Å². The fraction of sp³-hybridized carbons (Fsp3) is 0.263. The van der Waals surface area contributed by atoms with Gasteiger partial charge in [0.2, 0.25) is 0 Å². The number of hydrogen-bond acceptors (Lipinski definition) is 0. The third-order valence-corrected chi connectivity index (χ3v) is 5.58. The number of benzene rings is 3. The van der Waals surface area contributed by atoms with Crippen molar-refractivity contribution < 1.29 is 0 Å². The van der Waals surface area contributed by atoms with Gasteiger partial charge in [0, 0.05) is 5.33 Å². The van der Waals surface area contributed by atoms with E-state index in [1.54, 1.807) is 11.1 Å². The topological polar surface area (TPSA) is 0 Å². The van der Waals surface area contributed by atoms with Gasteiger partial charge in [0.05, 0.1) is 0 Å². The van der Waals surface area contributed by atoms with Crippen LogP contribution in [-0.2, 0) is 12.8 Å². The average molecular weight is 325 g/mol. The van der Waals surface area contributed by atoms with Crippen LogP contribution < -0.4 is 0 Å². The molecule has 1 aliphatic carbocycles. The Balaban J connectivity index is 2.02. The summed E-state index contributed by atoms with van der Waals surface area (Å²) in [6.07, 6.45) is 3.77. The first kappa shape index (κ1) is 12.4. The van der Waals surface area contributed by atoms with Gasteiger partial charge in [-0.1, -0.05) is 64.5 Å². The summed E-state index contributed by atoms with van der Waals surface area (Å²) in [5.41, 5.74) is 3.15. The van der Waals surface area contributed by atoms with E-state index in [2.05, 4.69) is 64.5 Å². The number of rotatable bonds is 1. The molecule has 0 heterocycles. The van der Waals surface area contributed by atoms with Crippen molar-refractivity contribution in [2.24, 2.45) is 5.92 Å². The largest absolute Gasteiger partial charge is 0.0925 e. The van der Waals surface area contributed by atoms with E-state index < -0.39 is 0 Å². The molecule has 1 aliphatic rings. The Labute approximate surface area is 127 Å². The molecule has 0 amide bonds. The second kappa shape index (κ2) is 4.89. The van der Waals surface area contributed by atoms with E-state index in [0.717, 1.165) is 11.2 Å². The Hall–Kier alpha value is -1.34. The molecular formula is C19H17Br. The van der Waals surface area contributed by atoms with Gasteiger partial charge >= 0.3 is 0 Å². The molecule has 1 atom stereocenters. The Morgan fingerprint density at radius 1 is 0.900 bits per heavy atom. The second-order valence-corrected chi connectivity index (χ2v) is 6.50. The summed E-state index contributed by atoms with van der Waals surface area (Å²) < 4.78 is 0. The van der Waals surface area contributed by atoms with Gasteiger partial charge in [0.15, 0.2) is 0 Å². The summed E-state index contributed by atoms with van der Waals surface area (Å²) in [6.45, 7) is 0. The van der Waals surface area contributed by atoms with Gasteiger partial charge in [0.1, 0.15) is 0 Å². The average Bonchev–Trinajstić information content (AvgIpc) is 2.53. The van der Waals surface area contributed by atoms with Crippen LogP contribution in [0.4, 0.5) is 0 Å². The molecule has 3 aromatic carbocycles. The molecule has 0 saturated carbocycles. The van der Waals surface area contributed by atoms with Crippen molar-refractivity contribution >= 4 is 37.5 Å². The van der Waals surface area contributed by atoms with E-state index >= 15 is 0 Å². The number of fused-ring (bicyclic) bond motifs is 5. The molecule has 0 aromatic heterocycles. The monoisotopic (exact) mass is 324 g/mol. The van der Waals surface area contributed by atoms with Crippen molar-refractivity contribution in [3.8, 4) is 0 Å². The van der Waals surface area contributed by atoms with Crippen LogP contribution in [0.2, 0.25) is 0 Å². The van der Waals surface area contributed by atoms with E-state index in [-0.39, 0.29) is 0 Å². The van der Waals surface area contributed by atoms with Crippen molar-refractivity contribution in [2.75, 3.05) is 5.33 Å². The first-order chi connectivity index (χ1) is 9.86. The minimum absolute atomic E-state index is 0.791. The predicted molar refractivity (Wildman–Crippen MR) is 90.8 cm³/mol. The van der Waals surface area contributed by atoms with E-state index in [1.165, 1.54) is 40.8 Å². The summed E-state index contributed by atoms with van der Waals surface area (Å²) in [5.74, 6) is 0.791. The quantitative estimate of drug-likeness (QED) is 0.410. The van der Waals surface area contributed by atoms with Gasteiger partial charge in [-0.25, -0.2) is 0 Å². The maximum atomic E-state index is 3.67. The summed E-state index contributed by atoms with van der Waals surface area (Å²) in [4.78, 5) is 0. The van der Waals surface area contributed by atoms with Gasteiger partial charge in [-0.3, -0.25) is 0 Å². The van der Waals surface area contributed by atoms with Crippen molar-refractivity contribution in [3.05, 3.63) is 59.7 Å². The van der Waals surface area contributed by atoms with Crippen LogP contribution in [0.25, 0.3) is 21.5 Å². The molecular weight excluding hydrogens is 308 g/mol. The zero-order valence-corrected chi connectivity index (χ0v) is 13.0. The molecule has 0 saturated heterocycles. The van der Waals surface area contributed by atoms with Crippen LogP contribution in [0, 0.1) is 5.92 Å². The lowest BCUT2D eigenvalue weighted by atomic mass is 9.82. The molecule has 0 N–H and O–H groups in total. The molecule has 0 nitrogen and oxygen atoms in total. The lowest BCUT2D eigenvalue weighted by molar-refractivity contribution is 0.515. The number of alkyl halides is 1. The maximum absolute atomic E-state index is 3.67. The first-order valence-corrected chi connectivity index (χ1v) is 8.47. The third kappa shape index (κ3) is 1.88. The first-order valence-electron chi connectivity index (χ1n) is 7.35. The fourth-order valence-corrected chi connectivity index (χ4v) is 4.11. The van der Waals surface area contributed by atoms with Crippen LogP contribution in [0.1, 0.15) is 17.5 Å². The lowest BCUT2D eigenvalue weighted by Crippen LogP contribution is -2.15. The molecule has 100 valence electrons. The Kier molecular flexibility index (Phi) is 3.03. The molecule has 0 bridgehead atoms. The Morgan fingerprint density at radius 3 is 2.65 bits per heavy atom. The van der Waals surface area contributed by atoms with E-state index in [0.29, 0.717) is 0 Å². The van der Waals surface area contributed by atoms with Crippen molar-refractivity contribution in [1.29, 1.82) is 0 Å². The highest BCUT2D eigenvalue weighted by atomic mass is 79.9. The van der Waals surface area contributed by atoms with Crippen molar-refractivity contribution in [1.82, 2.24) is 0 Å². The third-order valence-electron chi connectivity index (χ3n) is 4.67. The highest BCUT2D eigenvalue weighted by Gasteiger charge is 2.19. The van der Waals surface area contributed by atoms with Crippen molar-refractivity contribution in [3.63, 3.8) is 0 Å². The lowest BCUT2D eigenvalue weighted by Gasteiger charge is -2.24.